The molecule has 2 amide bonds. The van der Waals surface area contributed by atoms with Crippen LogP contribution in [0.4, 0.5) is 4.39 Å². The first-order chi connectivity index (χ1) is 19.9. The number of benzene rings is 2. The molecule has 1 saturated carbocycles. The van der Waals surface area contributed by atoms with Crippen molar-refractivity contribution in [3.63, 3.8) is 0 Å². The molecule has 2 saturated heterocycles. The van der Waals surface area contributed by atoms with Crippen LogP contribution in [0.25, 0.3) is 0 Å². The average Bonchev–Trinajstić information content (AvgIpc) is 3.67. The normalized spacial score (nSPS) is 26.4. The lowest BCUT2D eigenvalue weighted by atomic mass is 9.81. The van der Waals surface area contributed by atoms with Crippen molar-refractivity contribution in [3.8, 4) is 0 Å². The minimum absolute atomic E-state index is 0.00439. The highest BCUT2D eigenvalue weighted by Crippen LogP contribution is 2.30. The highest BCUT2D eigenvalue weighted by molar-refractivity contribution is 5.98. The average molecular weight is 565 g/mol. The Morgan fingerprint density at radius 2 is 1.83 bits per heavy atom. The van der Waals surface area contributed by atoms with Crippen molar-refractivity contribution >= 4 is 11.8 Å². The van der Waals surface area contributed by atoms with E-state index < -0.39 is 6.04 Å². The molecule has 3 aliphatic rings. The van der Waals surface area contributed by atoms with Gasteiger partial charge in [0, 0.05) is 44.4 Å². The van der Waals surface area contributed by atoms with Crippen LogP contribution in [0, 0.1) is 24.6 Å². The van der Waals surface area contributed by atoms with Gasteiger partial charge in [0.05, 0.1) is 6.10 Å². The van der Waals surface area contributed by atoms with E-state index in [1.165, 1.54) is 35.4 Å². The fraction of sp³-hybridized carbons (Fsp3) is 0.576. The Hall–Kier alpha value is -2.81. The molecule has 41 heavy (non-hydrogen) atoms. The first kappa shape index (κ1) is 29.7. The highest BCUT2D eigenvalue weighted by atomic mass is 19.1. The molecule has 0 radical (unpaired) electrons. The lowest BCUT2D eigenvalue weighted by Crippen LogP contribution is -2.47. The van der Waals surface area contributed by atoms with Crippen LogP contribution in [0.2, 0.25) is 0 Å². The lowest BCUT2D eigenvalue weighted by molar-refractivity contribution is -0.125. The molecule has 8 heteroatoms. The maximum Gasteiger partial charge on any atom is 0.254 e. The number of nitrogens with two attached hydrogens (primary N) is 1. The summed E-state index contributed by atoms with van der Waals surface area (Å²) in [4.78, 5) is 31.6. The molecule has 222 valence electrons. The van der Waals surface area contributed by atoms with Crippen molar-refractivity contribution in [2.24, 2.45) is 17.6 Å². The number of carbonyl (C=O) groups excluding carboxylic acids is 2. The van der Waals surface area contributed by atoms with E-state index in [4.69, 9.17) is 10.5 Å². The number of amides is 2. The summed E-state index contributed by atoms with van der Waals surface area (Å²) in [5, 5.41) is 3.20. The highest BCUT2D eigenvalue weighted by Gasteiger charge is 2.43. The zero-order valence-corrected chi connectivity index (χ0v) is 24.3. The summed E-state index contributed by atoms with van der Waals surface area (Å²) < 4.78 is 19.7. The van der Waals surface area contributed by atoms with Gasteiger partial charge >= 0.3 is 0 Å². The molecule has 5 rings (SSSR count). The van der Waals surface area contributed by atoms with Gasteiger partial charge in [-0.3, -0.25) is 14.5 Å². The monoisotopic (exact) mass is 564 g/mol. The van der Waals surface area contributed by atoms with Gasteiger partial charge in [-0.15, -0.1) is 0 Å². The summed E-state index contributed by atoms with van der Waals surface area (Å²) >= 11 is 0. The number of likely N-dealkylation sites (tertiary alicyclic amines) is 1. The van der Waals surface area contributed by atoms with Crippen molar-refractivity contribution in [1.82, 2.24) is 15.1 Å². The van der Waals surface area contributed by atoms with Crippen LogP contribution in [0.1, 0.15) is 66.4 Å². The third-order valence-electron chi connectivity index (χ3n) is 9.34. The van der Waals surface area contributed by atoms with Crippen molar-refractivity contribution in [3.05, 3.63) is 71.0 Å². The maximum absolute atomic E-state index is 13.8. The summed E-state index contributed by atoms with van der Waals surface area (Å²) in [5.41, 5.74) is 8.79. The largest absolute Gasteiger partial charge is 0.377 e. The molecule has 1 aliphatic carbocycles. The van der Waals surface area contributed by atoms with Gasteiger partial charge < -0.3 is 20.7 Å². The van der Waals surface area contributed by atoms with Gasteiger partial charge in [-0.1, -0.05) is 30.7 Å². The van der Waals surface area contributed by atoms with Crippen LogP contribution in [-0.2, 0) is 16.1 Å². The van der Waals surface area contributed by atoms with E-state index in [9.17, 15) is 14.0 Å². The molecular weight excluding hydrogens is 519 g/mol. The van der Waals surface area contributed by atoms with Gasteiger partial charge in [0.25, 0.3) is 5.91 Å². The molecule has 2 heterocycles. The van der Waals surface area contributed by atoms with Crippen LogP contribution in [0.3, 0.4) is 0 Å². The van der Waals surface area contributed by atoms with Crippen molar-refractivity contribution in [2.75, 3.05) is 32.8 Å². The number of ether oxygens (including phenoxy) is 1. The summed E-state index contributed by atoms with van der Waals surface area (Å²) in [7, 11) is 0. The van der Waals surface area contributed by atoms with Crippen molar-refractivity contribution in [1.29, 1.82) is 0 Å². The Balaban J connectivity index is 1.35. The zero-order valence-electron chi connectivity index (χ0n) is 24.3. The van der Waals surface area contributed by atoms with Crippen LogP contribution < -0.4 is 11.1 Å². The molecule has 0 bridgehead atoms. The first-order valence-corrected chi connectivity index (χ1v) is 15.4. The number of hydrogen-bond donors (Lipinski definition) is 2. The van der Waals surface area contributed by atoms with E-state index in [1.807, 2.05) is 6.07 Å². The summed E-state index contributed by atoms with van der Waals surface area (Å²) in [5.74, 6) is 0.203. The fourth-order valence-corrected chi connectivity index (χ4v) is 6.87. The second-order valence-corrected chi connectivity index (χ2v) is 12.2. The third kappa shape index (κ3) is 7.53. The molecule has 0 aromatic heterocycles. The van der Waals surface area contributed by atoms with Gasteiger partial charge in [-0.25, -0.2) is 4.39 Å². The number of nitrogens with zero attached hydrogens (tertiary/aromatic N) is 2. The summed E-state index contributed by atoms with van der Waals surface area (Å²) in [6, 6.07) is 13.4. The summed E-state index contributed by atoms with van der Waals surface area (Å²) in [6.45, 7) is 6.12. The third-order valence-corrected chi connectivity index (χ3v) is 9.34. The van der Waals surface area contributed by atoms with Gasteiger partial charge in [0.1, 0.15) is 11.9 Å². The van der Waals surface area contributed by atoms with Crippen LogP contribution >= 0.6 is 0 Å². The quantitative estimate of drug-likeness (QED) is 0.450. The lowest BCUT2D eigenvalue weighted by Gasteiger charge is -2.31. The molecule has 2 aromatic carbocycles. The predicted octanol–water partition coefficient (Wildman–Crippen LogP) is 4.28. The van der Waals surface area contributed by atoms with Crippen LogP contribution in [0.5, 0.6) is 0 Å². The Kier molecular flexibility index (Phi) is 10.1. The van der Waals surface area contributed by atoms with Gasteiger partial charge in [-0.05, 0) is 99.2 Å². The summed E-state index contributed by atoms with van der Waals surface area (Å²) in [6.07, 6.45) is 7.20. The smallest absolute Gasteiger partial charge is 0.254 e. The molecule has 5 unspecified atom stereocenters. The minimum Gasteiger partial charge on any atom is -0.377 e. The Bertz CT molecular complexity index is 1170. The second kappa shape index (κ2) is 13.9. The van der Waals surface area contributed by atoms with Gasteiger partial charge in [0.15, 0.2) is 0 Å². The van der Waals surface area contributed by atoms with Crippen molar-refractivity contribution in [2.45, 2.75) is 76.6 Å². The maximum atomic E-state index is 13.8. The number of halogens is 1. The molecule has 5 atom stereocenters. The molecular formula is C33H45FN4O3. The van der Waals surface area contributed by atoms with Crippen LogP contribution in [-0.4, -0.2) is 72.6 Å². The molecule has 2 aromatic rings. The minimum atomic E-state index is -0.588. The predicted molar refractivity (Wildman–Crippen MR) is 158 cm³/mol. The second-order valence-electron chi connectivity index (χ2n) is 12.2. The van der Waals surface area contributed by atoms with E-state index in [0.717, 1.165) is 58.2 Å². The number of aryl methyl sites for hydroxylation is 1. The Morgan fingerprint density at radius 1 is 1.05 bits per heavy atom. The molecule has 0 spiro atoms. The van der Waals surface area contributed by atoms with Gasteiger partial charge in [0.2, 0.25) is 5.91 Å². The number of rotatable bonds is 10. The standard InChI is InChI=1S/C33H45FN4O3/c1-23-6-2-3-9-27(23)20-37(22-30-10-5-15-41-30)29-17-31(32(39)36-19-25-8-4-7-24(16-25)18-35)38(21-29)33(40)26-11-13-28(34)14-12-26/h2-3,6,9,11-14,24-25,29-31H,4-5,7-8,10,15-22,35H2,1H3,(H,36,39). The van der Waals surface area contributed by atoms with E-state index in [2.05, 4.69) is 35.3 Å². The van der Waals surface area contributed by atoms with Crippen LogP contribution in [0.15, 0.2) is 48.5 Å². The number of nitrogens with one attached hydrogen (secondary N) is 1. The molecule has 2 aliphatic heterocycles. The van der Waals surface area contributed by atoms with E-state index in [1.54, 1.807) is 4.90 Å². The van der Waals surface area contributed by atoms with E-state index in [0.29, 0.717) is 43.5 Å². The SMILES string of the molecule is Cc1ccccc1CN(CC1CCCO1)C1CC(C(=O)NCC2CCCC(CN)C2)N(C(=O)c2ccc(F)cc2)C1. The number of hydrogen-bond acceptors (Lipinski definition) is 5. The van der Waals surface area contributed by atoms with Gasteiger partial charge in [-0.2, -0.15) is 0 Å². The van der Waals surface area contributed by atoms with E-state index in [-0.39, 0.29) is 29.8 Å². The van der Waals surface area contributed by atoms with Crippen molar-refractivity contribution < 1.29 is 18.7 Å². The van der Waals surface area contributed by atoms with E-state index >= 15 is 0 Å². The fourth-order valence-electron chi connectivity index (χ4n) is 6.87. The number of carbonyl (C=O) groups is 2. The zero-order chi connectivity index (χ0) is 28.8. The molecule has 3 fully saturated rings. The Labute approximate surface area is 243 Å². The first-order valence-electron chi connectivity index (χ1n) is 15.4. The Morgan fingerprint density at radius 3 is 2.56 bits per heavy atom. The molecule has 3 N–H and O–H groups in total. The molecule has 7 nitrogen and oxygen atoms in total. The topological polar surface area (TPSA) is 87.9 Å².